The van der Waals surface area contributed by atoms with Gasteiger partial charge in [0.25, 0.3) is 0 Å². The van der Waals surface area contributed by atoms with Crippen LogP contribution in [0, 0.1) is 11.6 Å². The molecule has 0 fully saturated rings. The number of ether oxygens (including phenoxy) is 1. The molecule has 0 atom stereocenters. The lowest BCUT2D eigenvalue weighted by molar-refractivity contribution is 0.331. The maximum atomic E-state index is 13.1. The number of halogens is 3. The minimum absolute atomic E-state index is 0.0665. The van der Waals surface area contributed by atoms with Gasteiger partial charge in [-0.05, 0) is 36.4 Å². The first-order valence-electron chi connectivity index (χ1n) is 5.72. The van der Waals surface area contributed by atoms with Crippen LogP contribution in [-0.4, -0.2) is 13.2 Å². The van der Waals surface area contributed by atoms with Crippen molar-refractivity contribution in [1.29, 1.82) is 0 Å². The Hall–Kier alpha value is -1.81. The first-order chi connectivity index (χ1) is 9.15. The second-order valence-corrected chi connectivity index (χ2v) is 4.27. The van der Waals surface area contributed by atoms with E-state index in [0.717, 1.165) is 5.69 Å². The zero-order chi connectivity index (χ0) is 13.7. The SMILES string of the molecule is Fc1ccc(NCCOc2ccc(Cl)c(F)c2)cc1. The minimum atomic E-state index is -0.509. The van der Waals surface area contributed by atoms with Crippen molar-refractivity contribution in [2.24, 2.45) is 0 Å². The molecule has 2 nitrogen and oxygen atoms in total. The zero-order valence-corrected chi connectivity index (χ0v) is 10.8. The molecular weight excluding hydrogens is 272 g/mol. The van der Waals surface area contributed by atoms with Gasteiger partial charge in [0, 0.05) is 18.3 Å². The number of hydrogen-bond donors (Lipinski definition) is 1. The van der Waals surface area contributed by atoms with Crippen LogP contribution in [0.15, 0.2) is 42.5 Å². The summed E-state index contributed by atoms with van der Waals surface area (Å²) in [6.45, 7) is 0.883. The fourth-order valence-electron chi connectivity index (χ4n) is 1.50. The molecule has 2 rings (SSSR count). The van der Waals surface area contributed by atoms with Crippen molar-refractivity contribution in [1.82, 2.24) is 0 Å². The molecule has 2 aromatic rings. The summed E-state index contributed by atoms with van der Waals surface area (Å²) in [6, 6.07) is 10.3. The molecule has 0 heterocycles. The number of anilines is 1. The smallest absolute Gasteiger partial charge is 0.145 e. The fraction of sp³-hybridized carbons (Fsp3) is 0.143. The Labute approximate surface area is 115 Å². The Bertz CT molecular complexity index is 546. The zero-order valence-electron chi connectivity index (χ0n) is 10.00. The Morgan fingerprint density at radius 3 is 2.47 bits per heavy atom. The highest BCUT2D eigenvalue weighted by molar-refractivity contribution is 6.30. The van der Waals surface area contributed by atoms with E-state index in [1.807, 2.05) is 0 Å². The van der Waals surface area contributed by atoms with E-state index in [4.69, 9.17) is 16.3 Å². The average Bonchev–Trinajstić information content (AvgIpc) is 2.41. The summed E-state index contributed by atoms with van der Waals surface area (Å²) in [5, 5.41) is 3.12. The third kappa shape index (κ3) is 4.10. The molecule has 0 aliphatic carbocycles. The van der Waals surface area contributed by atoms with Crippen molar-refractivity contribution in [2.75, 3.05) is 18.5 Å². The van der Waals surface area contributed by atoms with Crippen molar-refractivity contribution in [2.45, 2.75) is 0 Å². The maximum absolute atomic E-state index is 13.1. The Morgan fingerprint density at radius 2 is 1.79 bits per heavy atom. The Kier molecular flexibility index (Phi) is 4.58. The van der Waals surface area contributed by atoms with Crippen LogP contribution in [0.4, 0.5) is 14.5 Å². The topological polar surface area (TPSA) is 21.3 Å². The van der Waals surface area contributed by atoms with E-state index in [0.29, 0.717) is 18.9 Å². The number of rotatable bonds is 5. The molecule has 0 radical (unpaired) electrons. The highest BCUT2D eigenvalue weighted by Gasteiger charge is 2.01. The van der Waals surface area contributed by atoms with Gasteiger partial charge in [-0.25, -0.2) is 8.78 Å². The Morgan fingerprint density at radius 1 is 1.05 bits per heavy atom. The number of benzene rings is 2. The molecule has 19 heavy (non-hydrogen) atoms. The van der Waals surface area contributed by atoms with Crippen LogP contribution in [0.3, 0.4) is 0 Å². The van der Waals surface area contributed by atoms with Crippen LogP contribution in [0.1, 0.15) is 0 Å². The van der Waals surface area contributed by atoms with Crippen molar-refractivity contribution >= 4 is 17.3 Å². The molecule has 100 valence electrons. The van der Waals surface area contributed by atoms with Gasteiger partial charge in [0.2, 0.25) is 0 Å². The molecular formula is C14H12ClF2NO. The summed E-state index contributed by atoms with van der Waals surface area (Å²) in [5.74, 6) is -0.369. The largest absolute Gasteiger partial charge is 0.492 e. The molecule has 2 aromatic carbocycles. The molecule has 0 unspecified atom stereocenters. The molecule has 0 bridgehead atoms. The molecule has 0 aliphatic heterocycles. The number of hydrogen-bond acceptors (Lipinski definition) is 2. The van der Waals surface area contributed by atoms with Crippen LogP contribution in [0.2, 0.25) is 5.02 Å². The summed E-state index contributed by atoms with van der Waals surface area (Å²) < 4.78 is 31.1. The third-order valence-electron chi connectivity index (χ3n) is 2.44. The van der Waals surface area contributed by atoms with E-state index in [-0.39, 0.29) is 10.8 Å². The summed E-state index contributed by atoms with van der Waals surface area (Å²) in [6.07, 6.45) is 0. The van der Waals surface area contributed by atoms with Crippen LogP contribution >= 0.6 is 11.6 Å². The van der Waals surface area contributed by atoms with E-state index < -0.39 is 5.82 Å². The average molecular weight is 284 g/mol. The van der Waals surface area contributed by atoms with E-state index in [2.05, 4.69) is 5.32 Å². The first-order valence-corrected chi connectivity index (χ1v) is 6.10. The van der Waals surface area contributed by atoms with Crippen molar-refractivity contribution in [3.05, 3.63) is 59.1 Å². The van der Waals surface area contributed by atoms with Crippen molar-refractivity contribution in [3.8, 4) is 5.75 Å². The fourth-order valence-corrected chi connectivity index (χ4v) is 1.62. The highest BCUT2D eigenvalue weighted by atomic mass is 35.5. The van der Waals surface area contributed by atoms with Gasteiger partial charge in [-0.1, -0.05) is 11.6 Å². The van der Waals surface area contributed by atoms with Crippen LogP contribution in [-0.2, 0) is 0 Å². The third-order valence-corrected chi connectivity index (χ3v) is 2.74. The lowest BCUT2D eigenvalue weighted by Crippen LogP contribution is -2.11. The monoisotopic (exact) mass is 283 g/mol. The summed E-state index contributed by atoms with van der Waals surface area (Å²) in [5.41, 5.74) is 0.798. The quantitative estimate of drug-likeness (QED) is 0.834. The van der Waals surface area contributed by atoms with Gasteiger partial charge in [-0.15, -0.1) is 0 Å². The van der Waals surface area contributed by atoms with Gasteiger partial charge < -0.3 is 10.1 Å². The lowest BCUT2D eigenvalue weighted by Gasteiger charge is -2.09. The van der Waals surface area contributed by atoms with Crippen LogP contribution < -0.4 is 10.1 Å². The van der Waals surface area contributed by atoms with Gasteiger partial charge in [0.15, 0.2) is 0 Å². The van der Waals surface area contributed by atoms with Crippen molar-refractivity contribution < 1.29 is 13.5 Å². The van der Waals surface area contributed by atoms with Gasteiger partial charge in [0.1, 0.15) is 24.0 Å². The molecule has 0 spiro atoms. The standard InChI is InChI=1S/C14H12ClF2NO/c15-13-6-5-12(9-14(13)17)19-8-7-18-11-3-1-10(16)2-4-11/h1-6,9,18H,7-8H2. The minimum Gasteiger partial charge on any atom is -0.492 e. The second-order valence-electron chi connectivity index (χ2n) is 3.86. The van der Waals surface area contributed by atoms with Crippen LogP contribution in [0.25, 0.3) is 0 Å². The highest BCUT2D eigenvalue weighted by Crippen LogP contribution is 2.20. The van der Waals surface area contributed by atoms with Gasteiger partial charge >= 0.3 is 0 Å². The molecule has 0 saturated heterocycles. The van der Waals surface area contributed by atoms with E-state index in [1.54, 1.807) is 18.2 Å². The summed E-state index contributed by atoms with van der Waals surface area (Å²) in [7, 11) is 0. The maximum Gasteiger partial charge on any atom is 0.145 e. The molecule has 1 N–H and O–H groups in total. The number of nitrogens with one attached hydrogen (secondary N) is 1. The predicted octanol–water partition coefficient (Wildman–Crippen LogP) is 4.11. The second kappa shape index (κ2) is 6.38. The molecule has 0 amide bonds. The van der Waals surface area contributed by atoms with Gasteiger partial charge in [-0.2, -0.15) is 0 Å². The summed E-state index contributed by atoms with van der Waals surface area (Å²) >= 11 is 5.56. The normalized spacial score (nSPS) is 10.3. The van der Waals surface area contributed by atoms with Crippen LogP contribution in [0.5, 0.6) is 5.75 Å². The molecule has 5 heteroatoms. The van der Waals surface area contributed by atoms with Gasteiger partial charge in [-0.3, -0.25) is 0 Å². The lowest BCUT2D eigenvalue weighted by atomic mass is 10.3. The molecule has 0 aliphatic rings. The van der Waals surface area contributed by atoms with Gasteiger partial charge in [0.05, 0.1) is 5.02 Å². The Balaban J connectivity index is 1.77. The van der Waals surface area contributed by atoms with E-state index in [1.165, 1.54) is 24.3 Å². The molecule has 0 saturated carbocycles. The van der Waals surface area contributed by atoms with E-state index >= 15 is 0 Å². The first kappa shape index (κ1) is 13.6. The summed E-state index contributed by atoms with van der Waals surface area (Å²) in [4.78, 5) is 0. The van der Waals surface area contributed by atoms with E-state index in [9.17, 15) is 8.78 Å². The van der Waals surface area contributed by atoms with Crippen molar-refractivity contribution in [3.63, 3.8) is 0 Å². The predicted molar refractivity (Wildman–Crippen MR) is 71.8 cm³/mol. The molecule has 0 aromatic heterocycles.